The normalized spacial score (nSPS) is 49.9. The van der Waals surface area contributed by atoms with Gasteiger partial charge in [-0.05, 0) is 45.6 Å². The second kappa shape index (κ2) is 7.07. The molecule has 10 atom stereocenters. The number of hydrogen-bond acceptors (Lipinski definition) is 10. The summed E-state index contributed by atoms with van der Waals surface area (Å²) >= 11 is 0. The Balaban J connectivity index is 1.45. The quantitative estimate of drug-likeness (QED) is 0.321. The Morgan fingerprint density at radius 3 is 2.53 bits per heavy atom. The molecule has 38 heavy (non-hydrogen) atoms. The zero-order valence-corrected chi connectivity index (χ0v) is 22.1. The van der Waals surface area contributed by atoms with Crippen molar-refractivity contribution in [2.75, 3.05) is 6.61 Å². The lowest BCUT2D eigenvalue weighted by atomic mass is 9.36. The molecular weight excluding hydrogens is 496 g/mol. The highest BCUT2D eigenvalue weighted by Gasteiger charge is 2.91. The number of carbonyl (C=O) groups excluding carboxylic acids is 4. The van der Waals surface area contributed by atoms with Crippen molar-refractivity contribution < 1.29 is 47.3 Å². The fourth-order valence-corrected chi connectivity index (χ4v) is 9.78. The minimum absolute atomic E-state index is 0.0434. The van der Waals surface area contributed by atoms with Gasteiger partial charge < -0.3 is 28.1 Å². The fraction of sp³-hybridized carbons (Fsp3) is 0.714. The summed E-state index contributed by atoms with van der Waals surface area (Å²) in [5, 5.41) is 0. The van der Waals surface area contributed by atoms with Gasteiger partial charge in [0.05, 0.1) is 36.1 Å². The highest BCUT2D eigenvalue weighted by atomic mass is 16.7. The van der Waals surface area contributed by atoms with Crippen LogP contribution < -0.4 is 0 Å². The van der Waals surface area contributed by atoms with Crippen molar-refractivity contribution in [3.05, 3.63) is 24.2 Å². The lowest BCUT2D eigenvalue weighted by Crippen LogP contribution is -2.76. The lowest BCUT2D eigenvalue weighted by Gasteiger charge is -2.65. The third-order valence-electron chi connectivity index (χ3n) is 11.0. The van der Waals surface area contributed by atoms with Gasteiger partial charge >= 0.3 is 17.9 Å². The molecule has 2 spiro atoms. The van der Waals surface area contributed by atoms with Gasteiger partial charge in [0.1, 0.15) is 18.3 Å². The number of rotatable bonds is 2. The first-order valence-electron chi connectivity index (χ1n) is 13.3. The molecule has 10 nitrogen and oxygen atoms in total. The number of esters is 3. The topological polar surface area (TPSA) is 131 Å². The number of carbonyl (C=O) groups is 4. The number of hydrogen-bond donors (Lipinski definition) is 0. The molecule has 204 valence electrons. The standard InChI is InChI=1S/C28H32O10/c1-13(29)35-18-19-24(2,3)37-16-10-17(30)34-12-27(16,19)15-6-8-25(4)21(14-7-9-33-11-14)36-23(32)22-28(25,38-22)26(15,5)20(18)31/h7,9,11,15-16,18-19,21-22H,6,8,10,12H2,1-5H3/t15-,16-,18+,19+,21-,22+,25-,26-,27-,28+/m0/s1. The van der Waals surface area contributed by atoms with Gasteiger partial charge in [-0.1, -0.05) is 6.92 Å². The average molecular weight is 529 g/mol. The maximum absolute atomic E-state index is 14.8. The van der Waals surface area contributed by atoms with Gasteiger partial charge in [0.15, 0.2) is 18.0 Å². The molecule has 0 amide bonds. The highest BCUT2D eigenvalue weighted by Crippen LogP contribution is 2.79. The van der Waals surface area contributed by atoms with E-state index in [1.54, 1.807) is 12.3 Å². The van der Waals surface area contributed by atoms with E-state index in [0.717, 1.165) is 0 Å². The Morgan fingerprint density at radius 2 is 1.84 bits per heavy atom. The molecule has 0 aromatic carbocycles. The maximum Gasteiger partial charge on any atom is 0.339 e. The molecular formula is C28H32O10. The lowest BCUT2D eigenvalue weighted by molar-refractivity contribution is -0.240. The molecule has 5 heterocycles. The summed E-state index contributed by atoms with van der Waals surface area (Å²) in [7, 11) is 0. The van der Waals surface area contributed by atoms with Crippen LogP contribution in [0.5, 0.6) is 0 Å². The SMILES string of the molecule is CC(=O)O[C@H]1C(=O)[C@]2(C)[C@H](CC[C@@]3(C)[C@H](c4ccoc4)OC(=O)[C@H]4O[C@]432)[C@@]23COC(=O)C[C@@H]2OC(C)(C)[C@@H]13. The fourth-order valence-electron chi connectivity index (χ4n) is 9.78. The molecule has 1 aromatic heterocycles. The van der Waals surface area contributed by atoms with E-state index in [9.17, 15) is 19.2 Å². The molecule has 0 N–H and O–H groups in total. The third-order valence-corrected chi connectivity index (χ3v) is 11.0. The molecule has 6 aliphatic rings. The second-order valence-electron chi connectivity index (χ2n) is 12.9. The molecule has 10 heteroatoms. The van der Waals surface area contributed by atoms with Gasteiger partial charge in [-0.2, -0.15) is 0 Å². The first-order valence-corrected chi connectivity index (χ1v) is 13.3. The average Bonchev–Trinajstić information content (AvgIpc) is 3.31. The van der Waals surface area contributed by atoms with Crippen LogP contribution in [0.3, 0.4) is 0 Å². The summed E-state index contributed by atoms with van der Waals surface area (Å²) < 4.78 is 35.7. The van der Waals surface area contributed by atoms with E-state index in [0.29, 0.717) is 18.4 Å². The number of ether oxygens (including phenoxy) is 5. The molecule has 4 saturated heterocycles. The van der Waals surface area contributed by atoms with Crippen LogP contribution in [0.2, 0.25) is 0 Å². The summed E-state index contributed by atoms with van der Waals surface area (Å²) in [6, 6.07) is 1.76. The molecule has 2 aliphatic carbocycles. The van der Waals surface area contributed by atoms with E-state index >= 15 is 0 Å². The van der Waals surface area contributed by atoms with E-state index in [4.69, 9.17) is 28.1 Å². The van der Waals surface area contributed by atoms with Crippen molar-refractivity contribution in [2.45, 2.75) is 89.5 Å². The van der Waals surface area contributed by atoms with Gasteiger partial charge in [0.2, 0.25) is 0 Å². The monoisotopic (exact) mass is 528 g/mol. The van der Waals surface area contributed by atoms with E-state index in [2.05, 4.69) is 0 Å². The number of Topliss-reactive ketones (excluding diaryl/α,β-unsaturated/α-hetero) is 1. The zero-order valence-electron chi connectivity index (χ0n) is 22.1. The summed E-state index contributed by atoms with van der Waals surface area (Å²) in [6.07, 6.45) is 0.994. The van der Waals surface area contributed by atoms with Crippen LogP contribution in [-0.4, -0.2) is 59.8 Å². The van der Waals surface area contributed by atoms with E-state index in [-0.39, 0.29) is 30.7 Å². The summed E-state index contributed by atoms with van der Waals surface area (Å²) in [5.41, 5.74) is -4.21. The smallest absolute Gasteiger partial charge is 0.339 e. The number of epoxide rings is 1. The van der Waals surface area contributed by atoms with Crippen LogP contribution in [0.4, 0.5) is 0 Å². The minimum atomic E-state index is -1.26. The van der Waals surface area contributed by atoms with Crippen molar-refractivity contribution in [3.63, 3.8) is 0 Å². The van der Waals surface area contributed by atoms with E-state index < -0.39 is 69.7 Å². The highest BCUT2D eigenvalue weighted by molar-refractivity contribution is 5.97. The van der Waals surface area contributed by atoms with Crippen LogP contribution in [0.15, 0.2) is 23.0 Å². The minimum Gasteiger partial charge on any atom is -0.472 e. The van der Waals surface area contributed by atoms with Crippen LogP contribution in [0.25, 0.3) is 0 Å². The molecule has 2 saturated carbocycles. The number of furan rings is 1. The predicted molar refractivity (Wildman–Crippen MR) is 125 cm³/mol. The largest absolute Gasteiger partial charge is 0.472 e. The number of cyclic esters (lactones) is 2. The van der Waals surface area contributed by atoms with Gasteiger partial charge in [0.25, 0.3) is 0 Å². The van der Waals surface area contributed by atoms with E-state index in [1.165, 1.54) is 13.2 Å². The van der Waals surface area contributed by atoms with Gasteiger partial charge in [-0.25, -0.2) is 4.79 Å². The summed E-state index contributed by atoms with van der Waals surface area (Å²) in [4.78, 5) is 53.0. The van der Waals surface area contributed by atoms with Crippen LogP contribution >= 0.6 is 0 Å². The molecule has 1 aromatic rings. The van der Waals surface area contributed by atoms with Crippen molar-refractivity contribution in [2.24, 2.45) is 28.1 Å². The number of ketones is 1. The van der Waals surface area contributed by atoms with Crippen molar-refractivity contribution in [3.8, 4) is 0 Å². The Morgan fingerprint density at radius 1 is 1.08 bits per heavy atom. The van der Waals surface area contributed by atoms with Gasteiger partial charge in [-0.3, -0.25) is 14.4 Å². The van der Waals surface area contributed by atoms with Gasteiger partial charge in [0, 0.05) is 29.2 Å². The van der Waals surface area contributed by atoms with Crippen LogP contribution in [0.1, 0.15) is 65.5 Å². The maximum atomic E-state index is 14.8. The van der Waals surface area contributed by atoms with Crippen LogP contribution in [0, 0.1) is 28.1 Å². The Bertz CT molecular complexity index is 1270. The first-order chi connectivity index (χ1) is 17.8. The Hall–Kier alpha value is -2.72. The third kappa shape index (κ3) is 2.48. The summed E-state index contributed by atoms with van der Waals surface area (Å²) in [5.74, 6) is -2.65. The second-order valence-corrected chi connectivity index (χ2v) is 12.9. The first kappa shape index (κ1) is 24.3. The van der Waals surface area contributed by atoms with Crippen LogP contribution in [-0.2, 0) is 42.9 Å². The molecule has 0 unspecified atom stereocenters. The molecule has 6 fully saturated rings. The molecule has 0 bridgehead atoms. The predicted octanol–water partition coefficient (Wildman–Crippen LogP) is 2.68. The number of fused-ring (bicyclic) bond motifs is 1. The van der Waals surface area contributed by atoms with Crippen molar-refractivity contribution in [1.82, 2.24) is 0 Å². The van der Waals surface area contributed by atoms with Crippen molar-refractivity contribution in [1.29, 1.82) is 0 Å². The molecule has 7 rings (SSSR count). The molecule has 4 aliphatic heterocycles. The molecule has 0 radical (unpaired) electrons. The van der Waals surface area contributed by atoms with Gasteiger partial charge in [-0.15, -0.1) is 0 Å². The summed E-state index contributed by atoms with van der Waals surface area (Å²) in [6.45, 7) is 8.93. The van der Waals surface area contributed by atoms with Crippen molar-refractivity contribution >= 4 is 23.7 Å². The van der Waals surface area contributed by atoms with E-state index in [1.807, 2.05) is 27.7 Å². The Kier molecular flexibility index (Phi) is 4.53. The zero-order chi connectivity index (χ0) is 27.0. The Labute approximate surface area is 219 Å².